The summed E-state index contributed by atoms with van der Waals surface area (Å²) in [5.41, 5.74) is 0.737. The van der Waals surface area contributed by atoms with E-state index in [1.807, 2.05) is 53.4 Å². The highest BCUT2D eigenvalue weighted by Crippen LogP contribution is 2.37. The predicted octanol–water partition coefficient (Wildman–Crippen LogP) is 4.20. The molecular formula is C20H20F2N2. The Kier molecular flexibility index (Phi) is 4.17. The number of nitrogens with one attached hydrogen (secondary N) is 1. The van der Waals surface area contributed by atoms with Gasteiger partial charge in [-0.05, 0) is 33.2 Å². The van der Waals surface area contributed by atoms with Crippen molar-refractivity contribution in [2.45, 2.75) is 12.5 Å². The van der Waals surface area contributed by atoms with Crippen LogP contribution in [0, 0.1) is 0 Å². The maximum absolute atomic E-state index is 14.0. The SMILES string of the molecule is FC(F)[C@@H](c1cc2ccccc2c2ccccc12)N1CCNCC1. The largest absolute Gasteiger partial charge is 0.314 e. The summed E-state index contributed by atoms with van der Waals surface area (Å²) >= 11 is 0. The molecule has 4 rings (SSSR count). The first-order valence-corrected chi connectivity index (χ1v) is 8.39. The van der Waals surface area contributed by atoms with Crippen LogP contribution in [-0.2, 0) is 0 Å². The fraction of sp³-hybridized carbons (Fsp3) is 0.300. The monoisotopic (exact) mass is 326 g/mol. The number of rotatable bonds is 3. The Morgan fingerprint density at radius 2 is 1.46 bits per heavy atom. The number of hydrogen-bond acceptors (Lipinski definition) is 2. The number of hydrogen-bond donors (Lipinski definition) is 1. The molecule has 3 aromatic rings. The number of halogens is 2. The summed E-state index contributed by atoms with van der Waals surface area (Å²) in [6.07, 6.45) is -2.41. The number of nitrogens with zero attached hydrogens (tertiary/aromatic N) is 1. The van der Waals surface area contributed by atoms with Gasteiger partial charge in [-0.1, -0.05) is 48.5 Å². The van der Waals surface area contributed by atoms with Gasteiger partial charge in [-0.2, -0.15) is 0 Å². The lowest BCUT2D eigenvalue weighted by atomic mass is 9.92. The van der Waals surface area contributed by atoms with Crippen LogP contribution < -0.4 is 5.32 Å². The van der Waals surface area contributed by atoms with E-state index in [1.54, 1.807) is 0 Å². The van der Waals surface area contributed by atoms with Gasteiger partial charge in [-0.25, -0.2) is 8.78 Å². The third-order valence-corrected chi connectivity index (χ3v) is 4.90. The zero-order valence-corrected chi connectivity index (χ0v) is 13.4. The van der Waals surface area contributed by atoms with Crippen LogP contribution in [0.5, 0.6) is 0 Å². The molecule has 0 unspecified atom stereocenters. The molecule has 1 saturated heterocycles. The van der Waals surface area contributed by atoms with E-state index in [2.05, 4.69) is 11.4 Å². The molecule has 0 bridgehead atoms. The third-order valence-electron chi connectivity index (χ3n) is 4.90. The Bertz CT molecular complexity index is 857. The minimum Gasteiger partial charge on any atom is -0.314 e. The van der Waals surface area contributed by atoms with E-state index in [0.29, 0.717) is 13.1 Å². The molecule has 1 aliphatic heterocycles. The molecule has 2 nitrogen and oxygen atoms in total. The highest BCUT2D eigenvalue weighted by Gasteiger charge is 2.31. The highest BCUT2D eigenvalue weighted by atomic mass is 19.3. The van der Waals surface area contributed by atoms with Crippen LogP contribution in [0.2, 0.25) is 0 Å². The van der Waals surface area contributed by atoms with Crippen molar-refractivity contribution in [1.82, 2.24) is 10.2 Å². The van der Waals surface area contributed by atoms with Gasteiger partial charge >= 0.3 is 0 Å². The second-order valence-electron chi connectivity index (χ2n) is 6.30. The van der Waals surface area contributed by atoms with Crippen LogP contribution in [0.4, 0.5) is 8.78 Å². The van der Waals surface area contributed by atoms with Crippen LogP contribution in [0.1, 0.15) is 11.6 Å². The average molecular weight is 326 g/mol. The van der Waals surface area contributed by atoms with Crippen molar-refractivity contribution in [1.29, 1.82) is 0 Å². The van der Waals surface area contributed by atoms with Gasteiger partial charge in [-0.15, -0.1) is 0 Å². The molecule has 0 spiro atoms. The molecule has 0 aliphatic carbocycles. The lowest BCUT2D eigenvalue weighted by Crippen LogP contribution is -2.46. The molecule has 0 aromatic heterocycles. The maximum Gasteiger partial charge on any atom is 0.258 e. The first-order chi connectivity index (χ1) is 11.8. The molecule has 0 saturated carbocycles. The lowest BCUT2D eigenvalue weighted by molar-refractivity contribution is 0.0189. The number of benzene rings is 3. The van der Waals surface area contributed by atoms with Crippen molar-refractivity contribution >= 4 is 21.5 Å². The van der Waals surface area contributed by atoms with Crippen LogP contribution >= 0.6 is 0 Å². The van der Waals surface area contributed by atoms with Crippen molar-refractivity contribution in [2.24, 2.45) is 0 Å². The molecule has 0 radical (unpaired) electrons. The summed E-state index contributed by atoms with van der Waals surface area (Å²) in [6.45, 7) is 2.82. The highest BCUT2D eigenvalue weighted by molar-refractivity contribution is 6.09. The van der Waals surface area contributed by atoms with E-state index >= 15 is 0 Å². The van der Waals surface area contributed by atoms with Crippen LogP contribution in [0.15, 0.2) is 54.6 Å². The summed E-state index contributed by atoms with van der Waals surface area (Å²) < 4.78 is 28.1. The van der Waals surface area contributed by atoms with E-state index in [-0.39, 0.29) is 0 Å². The van der Waals surface area contributed by atoms with Crippen molar-refractivity contribution in [2.75, 3.05) is 26.2 Å². The van der Waals surface area contributed by atoms with Gasteiger partial charge in [0.2, 0.25) is 0 Å². The summed E-state index contributed by atoms with van der Waals surface area (Å²) in [5, 5.41) is 7.35. The van der Waals surface area contributed by atoms with Crippen LogP contribution in [0.3, 0.4) is 0 Å². The Hall–Kier alpha value is -2.04. The fourth-order valence-electron chi connectivity index (χ4n) is 3.78. The number of fused-ring (bicyclic) bond motifs is 3. The molecule has 124 valence electrons. The molecule has 24 heavy (non-hydrogen) atoms. The van der Waals surface area contributed by atoms with Gasteiger partial charge in [0.05, 0.1) is 6.04 Å². The zero-order chi connectivity index (χ0) is 16.5. The predicted molar refractivity (Wildman–Crippen MR) is 94.6 cm³/mol. The molecule has 4 heteroatoms. The molecular weight excluding hydrogens is 306 g/mol. The second kappa shape index (κ2) is 6.46. The summed E-state index contributed by atoms with van der Waals surface area (Å²) in [6, 6.07) is 17.0. The van der Waals surface area contributed by atoms with Gasteiger partial charge in [-0.3, -0.25) is 4.90 Å². The molecule has 1 N–H and O–H groups in total. The third kappa shape index (κ3) is 2.66. The van der Waals surface area contributed by atoms with Crippen LogP contribution in [-0.4, -0.2) is 37.5 Å². The van der Waals surface area contributed by atoms with Crippen molar-refractivity contribution in [3.05, 3.63) is 60.2 Å². The fourth-order valence-corrected chi connectivity index (χ4v) is 3.78. The molecule has 1 aliphatic rings. The summed E-state index contributed by atoms with van der Waals surface area (Å²) in [4.78, 5) is 1.91. The minimum absolute atomic E-state index is 0.649. The first kappa shape index (κ1) is 15.5. The van der Waals surface area contributed by atoms with E-state index in [9.17, 15) is 8.78 Å². The van der Waals surface area contributed by atoms with E-state index in [4.69, 9.17) is 0 Å². The Balaban J connectivity index is 1.95. The van der Waals surface area contributed by atoms with E-state index in [1.165, 1.54) is 0 Å². The summed E-state index contributed by atoms with van der Waals surface area (Å²) in [5.74, 6) is 0. The Labute approximate surface area is 140 Å². The standard InChI is InChI=1S/C20H20F2N2/c21-20(22)19(24-11-9-23-10-12-24)18-13-14-5-1-2-6-15(14)16-7-3-4-8-17(16)18/h1-8,13,19-20,23H,9-12H2/t19-/m1/s1. The molecule has 3 aromatic carbocycles. The molecule has 0 amide bonds. The van der Waals surface area contributed by atoms with Crippen LogP contribution in [0.25, 0.3) is 21.5 Å². The van der Waals surface area contributed by atoms with Gasteiger partial charge in [0.25, 0.3) is 6.43 Å². The number of alkyl halides is 2. The van der Waals surface area contributed by atoms with E-state index in [0.717, 1.165) is 40.2 Å². The molecule has 1 atom stereocenters. The minimum atomic E-state index is -2.41. The Morgan fingerprint density at radius 1 is 0.833 bits per heavy atom. The van der Waals surface area contributed by atoms with Gasteiger partial charge in [0.15, 0.2) is 0 Å². The summed E-state index contributed by atoms with van der Waals surface area (Å²) in [7, 11) is 0. The molecule has 1 heterocycles. The quantitative estimate of drug-likeness (QED) is 0.726. The number of piperazine rings is 1. The Morgan fingerprint density at radius 3 is 2.17 bits per heavy atom. The molecule has 1 fully saturated rings. The topological polar surface area (TPSA) is 15.3 Å². The van der Waals surface area contributed by atoms with E-state index < -0.39 is 12.5 Å². The van der Waals surface area contributed by atoms with Gasteiger partial charge < -0.3 is 5.32 Å². The van der Waals surface area contributed by atoms with Crippen molar-refractivity contribution < 1.29 is 8.78 Å². The maximum atomic E-state index is 14.0. The van der Waals surface area contributed by atoms with Gasteiger partial charge in [0, 0.05) is 26.2 Å². The zero-order valence-electron chi connectivity index (χ0n) is 13.4. The van der Waals surface area contributed by atoms with Crippen molar-refractivity contribution in [3.63, 3.8) is 0 Å². The lowest BCUT2D eigenvalue weighted by Gasteiger charge is -2.35. The van der Waals surface area contributed by atoms with Gasteiger partial charge in [0.1, 0.15) is 0 Å². The normalized spacial score (nSPS) is 17.6. The first-order valence-electron chi connectivity index (χ1n) is 8.39. The smallest absolute Gasteiger partial charge is 0.258 e. The van der Waals surface area contributed by atoms with Crippen molar-refractivity contribution in [3.8, 4) is 0 Å². The average Bonchev–Trinajstić information content (AvgIpc) is 2.63. The second-order valence-corrected chi connectivity index (χ2v) is 6.30.